The molecule has 1 aromatic carbocycles. The standard InChI is InChI=1S/C21H29N3O3S/c1-13-8-10-24(11-9-13)28(26,27)20-16(4)19(22-17(20)5)21(25)23-18-12-14(2)6-7-15(18)3/h6-7,12-13,22H,8-11H2,1-5H3,(H,23,25). The van der Waals surface area contributed by atoms with Gasteiger partial charge in [0, 0.05) is 24.5 Å². The fraction of sp³-hybridized carbons (Fsp3) is 0.476. The molecule has 1 saturated heterocycles. The van der Waals surface area contributed by atoms with Gasteiger partial charge in [-0.05, 0) is 69.2 Å². The minimum Gasteiger partial charge on any atom is -0.353 e. The van der Waals surface area contributed by atoms with E-state index in [4.69, 9.17) is 0 Å². The number of nitrogens with one attached hydrogen (secondary N) is 2. The van der Waals surface area contributed by atoms with E-state index in [-0.39, 0.29) is 10.8 Å². The van der Waals surface area contributed by atoms with Crippen LogP contribution < -0.4 is 5.32 Å². The molecule has 0 radical (unpaired) electrons. The molecule has 1 fully saturated rings. The Morgan fingerprint density at radius 1 is 1.14 bits per heavy atom. The van der Waals surface area contributed by atoms with Crippen LogP contribution in [0.5, 0.6) is 0 Å². The van der Waals surface area contributed by atoms with Crippen molar-refractivity contribution in [1.29, 1.82) is 0 Å². The zero-order valence-corrected chi connectivity index (χ0v) is 18.0. The van der Waals surface area contributed by atoms with E-state index in [1.54, 1.807) is 18.2 Å². The molecule has 3 rings (SSSR count). The minimum absolute atomic E-state index is 0.230. The van der Waals surface area contributed by atoms with Crippen LogP contribution in [0.25, 0.3) is 0 Å². The SMILES string of the molecule is Cc1ccc(C)c(NC(=O)c2[nH]c(C)c(S(=O)(=O)N3CCC(C)CC3)c2C)c1. The highest BCUT2D eigenvalue weighted by molar-refractivity contribution is 7.89. The first-order valence-corrected chi connectivity index (χ1v) is 11.1. The molecule has 2 N–H and O–H groups in total. The smallest absolute Gasteiger partial charge is 0.272 e. The summed E-state index contributed by atoms with van der Waals surface area (Å²) in [7, 11) is -3.63. The lowest BCUT2D eigenvalue weighted by Crippen LogP contribution is -2.38. The quantitative estimate of drug-likeness (QED) is 0.812. The van der Waals surface area contributed by atoms with Crippen LogP contribution in [-0.2, 0) is 10.0 Å². The summed E-state index contributed by atoms with van der Waals surface area (Å²) in [5, 5.41) is 2.91. The third-order valence-corrected chi connectivity index (χ3v) is 7.75. The Bertz CT molecular complexity index is 1000. The zero-order chi connectivity index (χ0) is 20.6. The first-order chi connectivity index (χ1) is 13.1. The largest absolute Gasteiger partial charge is 0.353 e. The predicted molar refractivity (Wildman–Crippen MR) is 111 cm³/mol. The maximum atomic E-state index is 13.2. The number of benzene rings is 1. The van der Waals surface area contributed by atoms with Gasteiger partial charge in [0.1, 0.15) is 10.6 Å². The summed E-state index contributed by atoms with van der Waals surface area (Å²) < 4.78 is 27.9. The first-order valence-electron chi connectivity index (χ1n) is 9.69. The van der Waals surface area contributed by atoms with Crippen LogP contribution in [0.4, 0.5) is 5.69 Å². The normalized spacial score (nSPS) is 16.3. The summed E-state index contributed by atoms with van der Waals surface area (Å²) >= 11 is 0. The van der Waals surface area contributed by atoms with Crippen molar-refractivity contribution in [3.63, 3.8) is 0 Å². The lowest BCUT2D eigenvalue weighted by atomic mass is 10.0. The maximum absolute atomic E-state index is 13.2. The molecule has 152 valence electrons. The van der Waals surface area contributed by atoms with Gasteiger partial charge in [0.05, 0.1) is 0 Å². The number of aromatic nitrogens is 1. The third kappa shape index (κ3) is 3.86. The van der Waals surface area contributed by atoms with Crippen LogP contribution in [0.2, 0.25) is 0 Å². The van der Waals surface area contributed by atoms with E-state index in [1.165, 1.54) is 0 Å². The molecule has 0 aliphatic carbocycles. The highest BCUT2D eigenvalue weighted by Gasteiger charge is 2.33. The van der Waals surface area contributed by atoms with Gasteiger partial charge in [0.25, 0.3) is 5.91 Å². The Labute approximate surface area is 167 Å². The van der Waals surface area contributed by atoms with Crippen LogP contribution in [0, 0.1) is 33.6 Å². The number of amides is 1. The van der Waals surface area contributed by atoms with E-state index < -0.39 is 10.0 Å². The van der Waals surface area contributed by atoms with Gasteiger partial charge in [-0.25, -0.2) is 8.42 Å². The summed E-state index contributed by atoms with van der Waals surface area (Å²) in [6.45, 7) is 10.5. The lowest BCUT2D eigenvalue weighted by molar-refractivity contribution is 0.102. The second-order valence-corrected chi connectivity index (χ2v) is 9.81. The molecule has 0 bridgehead atoms. The van der Waals surface area contributed by atoms with Gasteiger partial charge in [0.2, 0.25) is 10.0 Å². The van der Waals surface area contributed by atoms with Crippen LogP contribution in [0.15, 0.2) is 23.1 Å². The van der Waals surface area contributed by atoms with Gasteiger partial charge in [-0.3, -0.25) is 4.79 Å². The summed E-state index contributed by atoms with van der Waals surface area (Å²) in [5.41, 5.74) is 3.99. The topological polar surface area (TPSA) is 82.3 Å². The molecular formula is C21H29N3O3S. The van der Waals surface area contributed by atoms with Crippen molar-refractivity contribution < 1.29 is 13.2 Å². The predicted octanol–water partition coefficient (Wildman–Crippen LogP) is 3.92. The van der Waals surface area contributed by atoms with Gasteiger partial charge in [-0.1, -0.05) is 19.1 Å². The summed E-state index contributed by atoms with van der Waals surface area (Å²) in [5.74, 6) is 0.210. The van der Waals surface area contributed by atoms with Crippen LogP contribution in [0.3, 0.4) is 0 Å². The average molecular weight is 404 g/mol. The van der Waals surface area contributed by atoms with E-state index >= 15 is 0 Å². The van der Waals surface area contributed by atoms with Crippen LogP contribution in [-0.4, -0.2) is 36.7 Å². The molecule has 0 atom stereocenters. The van der Waals surface area contributed by atoms with E-state index in [0.29, 0.717) is 36.0 Å². The molecule has 1 aliphatic heterocycles. The van der Waals surface area contributed by atoms with E-state index in [9.17, 15) is 13.2 Å². The molecule has 0 unspecified atom stereocenters. The van der Waals surface area contributed by atoms with Crippen LogP contribution in [0.1, 0.15) is 52.6 Å². The maximum Gasteiger partial charge on any atom is 0.272 e. The number of hydrogen-bond acceptors (Lipinski definition) is 3. The second kappa shape index (κ2) is 7.72. The molecular weight excluding hydrogens is 374 g/mol. The van der Waals surface area contributed by atoms with Gasteiger partial charge < -0.3 is 10.3 Å². The zero-order valence-electron chi connectivity index (χ0n) is 17.2. The van der Waals surface area contributed by atoms with Crippen molar-refractivity contribution >= 4 is 21.6 Å². The second-order valence-electron chi connectivity index (χ2n) is 7.94. The number of carbonyl (C=O) groups is 1. The summed E-state index contributed by atoms with van der Waals surface area (Å²) in [4.78, 5) is 16.1. The summed E-state index contributed by atoms with van der Waals surface area (Å²) in [6.07, 6.45) is 1.73. The molecule has 7 heteroatoms. The Morgan fingerprint density at radius 3 is 2.43 bits per heavy atom. The van der Waals surface area contributed by atoms with Crippen molar-refractivity contribution in [1.82, 2.24) is 9.29 Å². The van der Waals surface area contributed by atoms with Crippen molar-refractivity contribution in [2.45, 2.75) is 52.4 Å². The number of sulfonamides is 1. The summed E-state index contributed by atoms with van der Waals surface area (Å²) in [6, 6.07) is 5.84. The minimum atomic E-state index is -3.63. The van der Waals surface area contributed by atoms with Gasteiger partial charge in [-0.2, -0.15) is 4.31 Å². The number of aryl methyl sites for hydroxylation is 3. The highest BCUT2D eigenvalue weighted by Crippen LogP contribution is 2.30. The Hall–Kier alpha value is -2.12. The van der Waals surface area contributed by atoms with Gasteiger partial charge in [-0.15, -0.1) is 0 Å². The van der Waals surface area contributed by atoms with E-state index in [0.717, 1.165) is 29.7 Å². The van der Waals surface area contributed by atoms with Crippen molar-refractivity contribution in [3.05, 3.63) is 46.3 Å². The number of anilines is 1. The molecule has 2 aromatic rings. The third-order valence-electron chi connectivity index (χ3n) is 5.58. The number of piperidine rings is 1. The number of H-pyrrole nitrogens is 1. The average Bonchev–Trinajstić information content (AvgIpc) is 2.93. The molecule has 0 spiro atoms. The number of hydrogen-bond donors (Lipinski definition) is 2. The Kier molecular flexibility index (Phi) is 5.68. The fourth-order valence-corrected chi connectivity index (χ4v) is 5.63. The number of aromatic amines is 1. The van der Waals surface area contributed by atoms with Gasteiger partial charge >= 0.3 is 0 Å². The van der Waals surface area contributed by atoms with E-state index in [1.807, 2.05) is 32.0 Å². The van der Waals surface area contributed by atoms with E-state index in [2.05, 4.69) is 17.2 Å². The Morgan fingerprint density at radius 2 is 1.79 bits per heavy atom. The van der Waals surface area contributed by atoms with Gasteiger partial charge in [0.15, 0.2) is 0 Å². The molecule has 1 aliphatic rings. The molecule has 28 heavy (non-hydrogen) atoms. The molecule has 1 amide bonds. The Balaban J connectivity index is 1.91. The molecule has 1 aromatic heterocycles. The van der Waals surface area contributed by atoms with Crippen molar-refractivity contribution in [3.8, 4) is 0 Å². The number of nitrogens with zero attached hydrogens (tertiary/aromatic N) is 1. The highest BCUT2D eigenvalue weighted by atomic mass is 32.2. The van der Waals surface area contributed by atoms with Crippen molar-refractivity contribution in [2.24, 2.45) is 5.92 Å². The number of carbonyl (C=O) groups excluding carboxylic acids is 1. The molecule has 6 nitrogen and oxygen atoms in total. The fourth-order valence-electron chi connectivity index (χ4n) is 3.76. The van der Waals surface area contributed by atoms with Crippen LogP contribution >= 0.6 is 0 Å². The van der Waals surface area contributed by atoms with Crippen molar-refractivity contribution in [2.75, 3.05) is 18.4 Å². The lowest BCUT2D eigenvalue weighted by Gasteiger charge is -2.29. The number of rotatable bonds is 4. The molecule has 0 saturated carbocycles. The monoisotopic (exact) mass is 403 g/mol. The first kappa shape index (κ1) is 20.6. The molecule has 2 heterocycles.